The molecule has 0 bridgehead atoms. The zero-order chi connectivity index (χ0) is 19.2. The molecule has 0 saturated heterocycles. The minimum absolute atomic E-state index is 0.0318. The number of rotatable bonds is 8. The fourth-order valence-electron chi connectivity index (χ4n) is 3.26. The molecule has 142 valence electrons. The van der Waals surface area contributed by atoms with Gasteiger partial charge in [-0.25, -0.2) is 0 Å². The highest BCUT2D eigenvalue weighted by atomic mass is 32.1. The van der Waals surface area contributed by atoms with Crippen molar-refractivity contribution in [2.45, 2.75) is 39.8 Å². The number of carbonyl (C=O) groups is 1. The summed E-state index contributed by atoms with van der Waals surface area (Å²) in [4.78, 5) is 15.3. The number of hydrogen-bond acceptors (Lipinski definition) is 3. The maximum Gasteiger partial charge on any atom is 0.279 e. The Kier molecular flexibility index (Phi) is 6.48. The number of quaternary nitrogens is 1. The molecule has 1 aromatic carbocycles. The molecule has 27 heavy (non-hydrogen) atoms. The molecular weight excluding hydrogens is 356 g/mol. The summed E-state index contributed by atoms with van der Waals surface area (Å²) in [5, 5.41) is 5.23. The standard InChI is InChI=1S/C22H26N2O2S/c1-16(2)20-10-4-7-17(3)22(20)23-21(25)15-24(13-18-8-5-11-26-18)14-19-9-6-12-27-19/h4-12,16H,13-15H2,1-3H3,(H,23,25)/p+1. The van der Waals surface area contributed by atoms with E-state index in [1.54, 1.807) is 17.6 Å². The van der Waals surface area contributed by atoms with Crippen molar-refractivity contribution in [3.05, 3.63) is 75.9 Å². The molecule has 2 heterocycles. The third-order valence-electron chi connectivity index (χ3n) is 4.61. The Morgan fingerprint density at radius 2 is 2.00 bits per heavy atom. The predicted octanol–water partition coefficient (Wildman–Crippen LogP) is 4.00. The molecule has 3 rings (SSSR count). The second-order valence-corrected chi connectivity index (χ2v) is 8.21. The van der Waals surface area contributed by atoms with Crippen LogP contribution in [-0.2, 0) is 17.9 Å². The van der Waals surface area contributed by atoms with Crippen molar-refractivity contribution in [3.8, 4) is 0 Å². The molecule has 0 spiro atoms. The maximum atomic E-state index is 12.8. The molecular formula is C22H27N2O2S+. The van der Waals surface area contributed by atoms with Gasteiger partial charge in [0.05, 0.1) is 11.1 Å². The average molecular weight is 384 g/mol. The van der Waals surface area contributed by atoms with Gasteiger partial charge in [-0.3, -0.25) is 4.79 Å². The van der Waals surface area contributed by atoms with Gasteiger partial charge >= 0.3 is 0 Å². The Hall–Kier alpha value is -2.37. The Balaban J connectivity index is 1.72. The van der Waals surface area contributed by atoms with E-state index >= 15 is 0 Å². The number of thiophene rings is 1. The van der Waals surface area contributed by atoms with E-state index < -0.39 is 0 Å². The van der Waals surface area contributed by atoms with Gasteiger partial charge in [0.25, 0.3) is 5.91 Å². The van der Waals surface area contributed by atoms with Crippen LogP contribution in [0.5, 0.6) is 0 Å². The maximum absolute atomic E-state index is 12.8. The summed E-state index contributed by atoms with van der Waals surface area (Å²) < 4.78 is 5.50. The van der Waals surface area contributed by atoms with Crippen molar-refractivity contribution in [1.82, 2.24) is 0 Å². The van der Waals surface area contributed by atoms with E-state index in [0.717, 1.165) is 28.5 Å². The third-order valence-corrected chi connectivity index (χ3v) is 5.49. The largest absolute Gasteiger partial charge is 0.463 e. The lowest BCUT2D eigenvalue weighted by atomic mass is 9.98. The van der Waals surface area contributed by atoms with Gasteiger partial charge in [-0.2, -0.15) is 0 Å². The molecule has 3 aromatic rings. The highest BCUT2D eigenvalue weighted by molar-refractivity contribution is 7.09. The zero-order valence-electron chi connectivity index (χ0n) is 16.1. The monoisotopic (exact) mass is 383 g/mol. The quantitative estimate of drug-likeness (QED) is 0.618. The second kappa shape index (κ2) is 9.02. The summed E-state index contributed by atoms with van der Waals surface area (Å²) in [6, 6.07) is 14.2. The molecule has 5 heteroatoms. The molecule has 4 nitrogen and oxygen atoms in total. The molecule has 1 atom stereocenters. The van der Waals surface area contributed by atoms with Gasteiger partial charge in [0.2, 0.25) is 0 Å². The Labute approximate surface area is 164 Å². The third kappa shape index (κ3) is 5.31. The fourth-order valence-corrected chi connectivity index (χ4v) is 4.04. The van der Waals surface area contributed by atoms with Gasteiger partial charge < -0.3 is 14.6 Å². The van der Waals surface area contributed by atoms with Crippen LogP contribution in [-0.4, -0.2) is 12.5 Å². The minimum Gasteiger partial charge on any atom is -0.463 e. The first kappa shape index (κ1) is 19.4. The van der Waals surface area contributed by atoms with Crippen LogP contribution in [0.25, 0.3) is 0 Å². The second-order valence-electron chi connectivity index (χ2n) is 7.18. The van der Waals surface area contributed by atoms with Crippen molar-refractivity contribution in [2.75, 3.05) is 11.9 Å². The van der Waals surface area contributed by atoms with E-state index in [-0.39, 0.29) is 5.91 Å². The molecule has 0 radical (unpaired) electrons. The van der Waals surface area contributed by atoms with Crippen LogP contribution < -0.4 is 10.2 Å². The number of benzene rings is 1. The topological polar surface area (TPSA) is 46.7 Å². The lowest BCUT2D eigenvalue weighted by Crippen LogP contribution is -3.10. The molecule has 2 N–H and O–H groups in total. The number of anilines is 1. The first-order chi connectivity index (χ1) is 13.0. The van der Waals surface area contributed by atoms with E-state index in [2.05, 4.69) is 36.7 Å². The summed E-state index contributed by atoms with van der Waals surface area (Å²) in [7, 11) is 0. The van der Waals surface area contributed by atoms with Crippen molar-refractivity contribution >= 4 is 22.9 Å². The molecule has 0 aliphatic carbocycles. The van der Waals surface area contributed by atoms with Crippen LogP contribution >= 0.6 is 11.3 Å². The van der Waals surface area contributed by atoms with Gasteiger partial charge in [0.1, 0.15) is 13.1 Å². The summed E-state index contributed by atoms with van der Waals surface area (Å²) in [6.07, 6.45) is 1.68. The van der Waals surface area contributed by atoms with Crippen LogP contribution in [0.4, 0.5) is 5.69 Å². The molecule has 2 aromatic heterocycles. The van der Waals surface area contributed by atoms with Crippen LogP contribution in [0, 0.1) is 6.92 Å². The Morgan fingerprint density at radius 3 is 2.67 bits per heavy atom. The van der Waals surface area contributed by atoms with Crippen molar-refractivity contribution < 1.29 is 14.1 Å². The average Bonchev–Trinajstić information content (AvgIpc) is 3.30. The number of para-hydroxylation sites is 1. The minimum atomic E-state index is 0.0318. The van der Waals surface area contributed by atoms with Crippen molar-refractivity contribution in [2.24, 2.45) is 0 Å². The van der Waals surface area contributed by atoms with Crippen molar-refractivity contribution in [1.29, 1.82) is 0 Å². The lowest BCUT2D eigenvalue weighted by molar-refractivity contribution is -0.920. The summed E-state index contributed by atoms with van der Waals surface area (Å²) in [6.45, 7) is 8.22. The van der Waals surface area contributed by atoms with E-state index in [9.17, 15) is 4.79 Å². The van der Waals surface area contributed by atoms with Gasteiger partial charge in [-0.15, -0.1) is 11.3 Å². The van der Waals surface area contributed by atoms with Gasteiger partial charge in [-0.1, -0.05) is 38.1 Å². The van der Waals surface area contributed by atoms with E-state index in [4.69, 9.17) is 4.42 Å². The first-order valence-corrected chi connectivity index (χ1v) is 10.2. The highest BCUT2D eigenvalue weighted by Gasteiger charge is 2.19. The number of furan rings is 1. The summed E-state index contributed by atoms with van der Waals surface area (Å²) in [5.41, 5.74) is 3.22. The molecule has 0 fully saturated rings. The Bertz CT molecular complexity index is 818. The van der Waals surface area contributed by atoms with Gasteiger partial charge in [0.15, 0.2) is 12.3 Å². The zero-order valence-corrected chi connectivity index (χ0v) is 16.9. The van der Waals surface area contributed by atoms with Crippen molar-refractivity contribution in [3.63, 3.8) is 0 Å². The molecule has 0 aliphatic heterocycles. The molecule has 0 saturated carbocycles. The van der Waals surface area contributed by atoms with Gasteiger partial charge in [0, 0.05) is 5.69 Å². The number of aryl methyl sites for hydroxylation is 1. The van der Waals surface area contributed by atoms with Crippen LogP contribution in [0.2, 0.25) is 0 Å². The Morgan fingerprint density at radius 1 is 1.15 bits per heavy atom. The molecule has 0 aliphatic rings. The molecule has 1 unspecified atom stereocenters. The predicted molar refractivity (Wildman–Crippen MR) is 110 cm³/mol. The fraction of sp³-hybridized carbons (Fsp3) is 0.318. The number of amides is 1. The van der Waals surface area contributed by atoms with E-state index in [0.29, 0.717) is 19.0 Å². The van der Waals surface area contributed by atoms with E-state index in [1.807, 2.05) is 37.3 Å². The summed E-state index contributed by atoms with van der Waals surface area (Å²) >= 11 is 1.72. The van der Waals surface area contributed by atoms with Crippen LogP contribution in [0.15, 0.2) is 58.5 Å². The number of nitrogens with one attached hydrogen (secondary N) is 2. The van der Waals surface area contributed by atoms with Gasteiger partial charge in [-0.05, 0) is 47.5 Å². The lowest BCUT2D eigenvalue weighted by Gasteiger charge is -2.20. The van der Waals surface area contributed by atoms with Crippen LogP contribution in [0.1, 0.15) is 41.5 Å². The number of carbonyl (C=O) groups excluding carboxylic acids is 1. The highest BCUT2D eigenvalue weighted by Crippen LogP contribution is 2.27. The SMILES string of the molecule is Cc1cccc(C(C)C)c1NC(=O)C[NH+](Cc1ccco1)Cc1cccs1. The first-order valence-electron chi connectivity index (χ1n) is 9.30. The normalized spacial score (nSPS) is 12.3. The summed E-state index contributed by atoms with van der Waals surface area (Å²) in [5.74, 6) is 1.29. The molecule has 1 amide bonds. The smallest absolute Gasteiger partial charge is 0.279 e. The van der Waals surface area contributed by atoms with E-state index in [1.165, 1.54) is 10.4 Å². The van der Waals surface area contributed by atoms with Crippen LogP contribution in [0.3, 0.4) is 0 Å². The number of hydrogen-bond donors (Lipinski definition) is 2.